The van der Waals surface area contributed by atoms with Gasteiger partial charge in [0.25, 0.3) is 0 Å². The number of phosphoric ester groups is 2. The molecule has 17 nitrogen and oxygen atoms in total. The monoisotopic (exact) mass is 1580 g/mol. The summed E-state index contributed by atoms with van der Waals surface area (Å²) in [5.74, 6) is -2.33. The molecule has 0 rings (SSSR count). The molecule has 624 valence electrons. The molecule has 5 atom stereocenters. The van der Waals surface area contributed by atoms with Gasteiger partial charge in [-0.25, -0.2) is 9.13 Å². The molecule has 19 heteroatoms. The number of hydrogen-bond acceptors (Lipinski definition) is 15. The molecule has 0 saturated carbocycles. The summed E-state index contributed by atoms with van der Waals surface area (Å²) < 4.78 is 68.7. The van der Waals surface area contributed by atoms with Crippen molar-refractivity contribution in [3.05, 3.63) is 182 Å². The van der Waals surface area contributed by atoms with Gasteiger partial charge in [0.15, 0.2) is 12.2 Å². The molecule has 0 spiro atoms. The van der Waals surface area contributed by atoms with Crippen LogP contribution in [0, 0.1) is 0 Å². The summed E-state index contributed by atoms with van der Waals surface area (Å²) >= 11 is 0. The average molecular weight is 1580 g/mol. The molecule has 0 aromatic rings. The van der Waals surface area contributed by atoms with Gasteiger partial charge >= 0.3 is 39.5 Å². The van der Waals surface area contributed by atoms with E-state index in [4.69, 9.17) is 37.0 Å². The van der Waals surface area contributed by atoms with E-state index in [0.717, 1.165) is 173 Å². The van der Waals surface area contributed by atoms with Gasteiger partial charge in [0.2, 0.25) is 0 Å². The van der Waals surface area contributed by atoms with E-state index in [1.54, 1.807) is 0 Å². The van der Waals surface area contributed by atoms with Crippen molar-refractivity contribution >= 4 is 39.5 Å². The Balaban J connectivity index is 5.48. The maximum atomic E-state index is 13.1. The third-order valence-corrected chi connectivity index (χ3v) is 18.8. The average Bonchev–Trinajstić information content (AvgIpc) is 0.900. The highest BCUT2D eigenvalue weighted by molar-refractivity contribution is 7.47. The number of aliphatic hydroxyl groups excluding tert-OH is 1. The second-order valence-electron chi connectivity index (χ2n) is 27.3. The fraction of sp³-hybridized carbons (Fsp3) is 0.626. The Bertz CT molecular complexity index is 2800. The first kappa shape index (κ1) is 104. The highest BCUT2D eigenvalue weighted by Gasteiger charge is 2.30. The smallest absolute Gasteiger partial charge is 0.462 e. The Kier molecular flexibility index (Phi) is 76.9. The summed E-state index contributed by atoms with van der Waals surface area (Å²) in [5.41, 5.74) is 0. The number of unbranched alkanes of at least 4 members (excludes halogenated alkanes) is 21. The van der Waals surface area contributed by atoms with Gasteiger partial charge in [-0.15, -0.1) is 0 Å². The highest BCUT2D eigenvalue weighted by atomic mass is 31.2. The van der Waals surface area contributed by atoms with Gasteiger partial charge in [0.1, 0.15) is 19.3 Å². The first-order chi connectivity index (χ1) is 53.7. The SMILES string of the molecule is CC/C=C\C/C=C\C/C=C\C/C=C\C/C=C\C/C=C\CCC(=O)OCC(COP(=O)(O)OCC(O)COP(=O)(O)OCC(COC(=O)CCCCCCCC/C=C\C/C=C\C/C=C\C/C=C\CC)OC(=O)CCCCCCCCCCCCCCC)OC(=O)CCCCC/C=C\C/C=C\C/C=C\C/C=C\C/C=C\CC. The number of rotatable bonds is 77. The molecule has 0 bridgehead atoms. The molecule has 110 heavy (non-hydrogen) atoms. The van der Waals surface area contributed by atoms with Crippen molar-refractivity contribution < 1.29 is 80.2 Å². The van der Waals surface area contributed by atoms with Gasteiger partial charge in [0.05, 0.1) is 26.4 Å². The van der Waals surface area contributed by atoms with E-state index in [9.17, 15) is 43.2 Å². The van der Waals surface area contributed by atoms with E-state index in [1.807, 2.05) is 18.2 Å². The van der Waals surface area contributed by atoms with Crippen LogP contribution in [-0.4, -0.2) is 96.7 Å². The zero-order valence-corrected chi connectivity index (χ0v) is 70.1. The van der Waals surface area contributed by atoms with E-state index in [0.29, 0.717) is 32.1 Å². The summed E-state index contributed by atoms with van der Waals surface area (Å²) in [6, 6.07) is 0. The van der Waals surface area contributed by atoms with Crippen molar-refractivity contribution in [2.24, 2.45) is 0 Å². The van der Waals surface area contributed by atoms with Crippen LogP contribution in [-0.2, 0) is 65.4 Å². The van der Waals surface area contributed by atoms with E-state index in [2.05, 4.69) is 192 Å². The second-order valence-corrected chi connectivity index (χ2v) is 30.2. The summed E-state index contributed by atoms with van der Waals surface area (Å²) in [7, 11) is -10.0. The van der Waals surface area contributed by atoms with Crippen molar-refractivity contribution in [2.75, 3.05) is 39.6 Å². The predicted molar refractivity (Wildman–Crippen MR) is 454 cm³/mol. The Labute approximate surface area is 666 Å². The predicted octanol–water partition coefficient (Wildman–Crippen LogP) is 25.1. The van der Waals surface area contributed by atoms with Crippen molar-refractivity contribution in [3.8, 4) is 0 Å². The number of esters is 4. The number of carbonyl (C=O) groups excluding carboxylic acids is 4. The summed E-state index contributed by atoms with van der Waals surface area (Å²) in [4.78, 5) is 73.2. The van der Waals surface area contributed by atoms with E-state index >= 15 is 0 Å². The lowest BCUT2D eigenvalue weighted by Gasteiger charge is -2.21. The minimum Gasteiger partial charge on any atom is -0.462 e. The lowest BCUT2D eigenvalue weighted by molar-refractivity contribution is -0.161. The van der Waals surface area contributed by atoms with E-state index in [-0.39, 0.29) is 25.7 Å². The Hall–Kier alpha value is -5.84. The van der Waals surface area contributed by atoms with Crippen LogP contribution in [0.3, 0.4) is 0 Å². The molecule has 0 aliphatic carbocycles. The molecule has 0 heterocycles. The van der Waals surface area contributed by atoms with Gasteiger partial charge in [0, 0.05) is 25.7 Å². The van der Waals surface area contributed by atoms with Gasteiger partial charge in [-0.3, -0.25) is 37.3 Å². The van der Waals surface area contributed by atoms with E-state index in [1.165, 1.54) is 51.4 Å². The van der Waals surface area contributed by atoms with Crippen LogP contribution in [0.2, 0.25) is 0 Å². The van der Waals surface area contributed by atoms with Crippen molar-refractivity contribution in [2.45, 2.75) is 329 Å². The fourth-order valence-electron chi connectivity index (χ4n) is 10.6. The largest absolute Gasteiger partial charge is 0.472 e. The minimum absolute atomic E-state index is 0.0219. The Morgan fingerprint density at radius 3 is 0.791 bits per heavy atom. The molecule has 0 aliphatic rings. The van der Waals surface area contributed by atoms with Crippen LogP contribution < -0.4 is 0 Å². The van der Waals surface area contributed by atoms with Gasteiger partial charge < -0.3 is 33.8 Å². The lowest BCUT2D eigenvalue weighted by Crippen LogP contribution is -2.30. The van der Waals surface area contributed by atoms with Crippen LogP contribution in [0.1, 0.15) is 310 Å². The molecule has 0 aromatic carbocycles. The molecule has 5 unspecified atom stereocenters. The molecule has 0 radical (unpaired) electrons. The minimum atomic E-state index is -5.02. The Morgan fingerprint density at radius 1 is 0.264 bits per heavy atom. The molecule has 0 fully saturated rings. The number of carbonyl (C=O) groups is 4. The third kappa shape index (κ3) is 80.2. The topological polar surface area (TPSA) is 237 Å². The third-order valence-electron chi connectivity index (χ3n) is 16.9. The maximum absolute atomic E-state index is 13.1. The van der Waals surface area contributed by atoms with Crippen molar-refractivity contribution in [1.82, 2.24) is 0 Å². The fourth-order valence-corrected chi connectivity index (χ4v) is 12.2. The van der Waals surface area contributed by atoms with Gasteiger partial charge in [-0.05, 0) is 148 Å². The molecule has 3 N–H and O–H groups in total. The number of ether oxygens (including phenoxy) is 4. The summed E-state index contributed by atoms with van der Waals surface area (Å²) in [6.45, 7) is 4.40. The first-order valence-electron chi connectivity index (χ1n) is 42.0. The van der Waals surface area contributed by atoms with Crippen molar-refractivity contribution in [1.29, 1.82) is 0 Å². The molecule has 0 aromatic heterocycles. The molecule has 0 aliphatic heterocycles. The van der Waals surface area contributed by atoms with Crippen LogP contribution in [0.4, 0.5) is 0 Å². The summed E-state index contributed by atoms with van der Waals surface area (Å²) in [6.07, 6.45) is 98.7. The van der Waals surface area contributed by atoms with Crippen LogP contribution in [0.5, 0.6) is 0 Å². The number of allylic oxidation sites excluding steroid dienone is 30. The number of hydrogen-bond donors (Lipinski definition) is 3. The van der Waals surface area contributed by atoms with Gasteiger partial charge in [-0.1, -0.05) is 319 Å². The quantitative estimate of drug-likeness (QED) is 0.0169. The molecular formula is C91H148O17P2. The highest BCUT2D eigenvalue weighted by Crippen LogP contribution is 2.45. The van der Waals surface area contributed by atoms with Crippen molar-refractivity contribution in [3.63, 3.8) is 0 Å². The summed E-state index contributed by atoms with van der Waals surface area (Å²) in [5, 5.41) is 10.7. The number of aliphatic hydroxyl groups is 1. The van der Waals surface area contributed by atoms with Crippen LogP contribution in [0.25, 0.3) is 0 Å². The molecule has 0 saturated heterocycles. The lowest BCUT2D eigenvalue weighted by atomic mass is 10.0. The first-order valence-corrected chi connectivity index (χ1v) is 45.0. The zero-order chi connectivity index (χ0) is 80.3. The van der Waals surface area contributed by atoms with Crippen LogP contribution >= 0.6 is 15.6 Å². The van der Waals surface area contributed by atoms with Crippen LogP contribution in [0.15, 0.2) is 182 Å². The maximum Gasteiger partial charge on any atom is 0.472 e. The normalized spacial score (nSPS) is 14.7. The number of phosphoric acid groups is 2. The van der Waals surface area contributed by atoms with Gasteiger partial charge in [-0.2, -0.15) is 0 Å². The zero-order valence-electron chi connectivity index (χ0n) is 68.4. The Morgan fingerprint density at radius 2 is 0.491 bits per heavy atom. The standard InChI is InChI=1S/C91H148O17P2/c1-5-9-13-17-21-25-29-33-36-39-42-45-48-52-55-59-63-67-71-75-88(93)101-81-86(107-90(95)77-73-69-65-61-57-51-32-28-24-20-16-12-8-4)83-105-109(97,98)103-79-85(92)80-104-110(99,100)106-84-87(108-91(96)78-74-70-66-62-58-54-50-47-44-41-38-35-31-27-23-19-15-11-7-3)82-102-89(94)76-72-68-64-60-56-53-49-46-43-40-37-34-30-26-22-18-14-10-6-2/h9-11,13-15,21-23,25-27,33-38,42-47,53-54,56,58,64,68,85-87,92H,5-8,12,16-20,24,28-32,39-41,48-52,55,57,59-63,65-67,69-84H2,1-4H3,(H,97,98)(H,99,100)/b13-9-,14-10-,15-11-,25-21-,26-22-,27-23-,36-33-,37-34-,38-35-,45-42-,46-43-,47-44-,56-53-,58-54-,68-64-. The molecular weight excluding hydrogens is 1430 g/mol. The second kappa shape index (κ2) is 81.2. The molecule has 0 amide bonds. The van der Waals surface area contributed by atoms with E-state index < -0.39 is 97.5 Å².